The molecule has 0 bridgehead atoms. The van der Waals surface area contributed by atoms with Gasteiger partial charge in [0.25, 0.3) is 11.8 Å². The molecular weight excluding hydrogens is 416 g/mol. The summed E-state index contributed by atoms with van der Waals surface area (Å²) in [5, 5.41) is 11.0. The number of barbiturate groups is 1. The average Bonchev–Trinajstić information content (AvgIpc) is 2.70. The number of nitrogens with one attached hydrogen (secondary N) is 1. The van der Waals surface area contributed by atoms with Crippen molar-refractivity contribution in [1.29, 1.82) is 0 Å². The van der Waals surface area contributed by atoms with Crippen LogP contribution < -0.4 is 14.8 Å². The van der Waals surface area contributed by atoms with Gasteiger partial charge in [0.15, 0.2) is 18.1 Å². The number of hydrogen-bond acceptors (Lipinski definition) is 6. The topological polar surface area (TPSA) is 122 Å². The SMILES string of the molecule is COc1cc(/C=C2\C(=O)NC(=O)N(C3CCCCC3)C2=O)cc(Cl)c1OCC(=O)O. The van der Waals surface area contributed by atoms with Crippen molar-refractivity contribution in [2.45, 2.75) is 38.1 Å². The number of benzene rings is 1. The molecule has 0 unspecified atom stereocenters. The van der Waals surface area contributed by atoms with Crippen LogP contribution in [0.5, 0.6) is 11.5 Å². The third-order valence-corrected chi connectivity index (χ3v) is 5.26. The Labute approximate surface area is 177 Å². The first kappa shape index (κ1) is 21.6. The molecule has 10 heteroatoms. The molecule has 1 saturated heterocycles. The van der Waals surface area contributed by atoms with Crippen molar-refractivity contribution in [1.82, 2.24) is 10.2 Å². The molecular formula is C20H21ClN2O7. The number of carbonyl (C=O) groups is 4. The lowest BCUT2D eigenvalue weighted by Gasteiger charge is -2.35. The maximum atomic E-state index is 13.0. The molecule has 1 aromatic carbocycles. The van der Waals surface area contributed by atoms with E-state index >= 15 is 0 Å². The zero-order valence-electron chi connectivity index (χ0n) is 16.3. The summed E-state index contributed by atoms with van der Waals surface area (Å²) in [6.07, 6.45) is 5.61. The van der Waals surface area contributed by atoms with Crippen LogP contribution in [0.1, 0.15) is 37.7 Å². The zero-order valence-corrected chi connectivity index (χ0v) is 17.0. The highest BCUT2D eigenvalue weighted by molar-refractivity contribution is 6.33. The van der Waals surface area contributed by atoms with E-state index in [1.54, 1.807) is 0 Å². The fourth-order valence-electron chi connectivity index (χ4n) is 3.61. The molecule has 1 aliphatic carbocycles. The lowest BCUT2D eigenvalue weighted by atomic mass is 9.93. The van der Waals surface area contributed by atoms with Gasteiger partial charge < -0.3 is 14.6 Å². The van der Waals surface area contributed by atoms with Crippen LogP contribution in [-0.4, -0.2) is 53.6 Å². The smallest absolute Gasteiger partial charge is 0.341 e. The highest BCUT2D eigenvalue weighted by Gasteiger charge is 2.40. The summed E-state index contributed by atoms with van der Waals surface area (Å²) in [6.45, 7) is -0.615. The molecule has 0 spiro atoms. The standard InChI is InChI=1S/C20H21ClN2O7/c1-29-15-9-11(8-14(21)17(15)30-10-16(24)25)7-13-18(26)22-20(28)23(19(13)27)12-5-3-2-4-6-12/h7-9,12H,2-6,10H2,1H3,(H,24,25)(H,22,26,28)/b13-7+. The Morgan fingerprint density at radius 2 is 1.97 bits per heavy atom. The van der Waals surface area contributed by atoms with Crippen molar-refractivity contribution in [2.24, 2.45) is 0 Å². The lowest BCUT2D eigenvalue weighted by Crippen LogP contribution is -2.58. The normalized spacial score (nSPS) is 19.1. The van der Waals surface area contributed by atoms with Crippen molar-refractivity contribution in [3.63, 3.8) is 0 Å². The van der Waals surface area contributed by atoms with Gasteiger partial charge in [-0.15, -0.1) is 0 Å². The number of amides is 4. The van der Waals surface area contributed by atoms with E-state index in [-0.39, 0.29) is 28.1 Å². The molecule has 1 heterocycles. The van der Waals surface area contributed by atoms with E-state index in [4.69, 9.17) is 26.2 Å². The van der Waals surface area contributed by atoms with E-state index in [0.29, 0.717) is 18.4 Å². The first-order chi connectivity index (χ1) is 14.3. The second-order valence-corrected chi connectivity index (χ2v) is 7.41. The van der Waals surface area contributed by atoms with Crippen LogP contribution in [0.2, 0.25) is 5.02 Å². The summed E-state index contributed by atoms with van der Waals surface area (Å²) in [4.78, 5) is 49.4. The minimum absolute atomic E-state index is 0.0298. The van der Waals surface area contributed by atoms with Gasteiger partial charge in [0.1, 0.15) is 5.57 Å². The van der Waals surface area contributed by atoms with Gasteiger partial charge >= 0.3 is 12.0 Å². The maximum absolute atomic E-state index is 13.0. The third kappa shape index (κ3) is 4.56. The molecule has 4 amide bonds. The van der Waals surface area contributed by atoms with Gasteiger partial charge in [-0.2, -0.15) is 0 Å². The summed E-state index contributed by atoms with van der Waals surface area (Å²) in [7, 11) is 1.35. The highest BCUT2D eigenvalue weighted by Crippen LogP contribution is 2.37. The monoisotopic (exact) mass is 436 g/mol. The number of rotatable bonds is 6. The maximum Gasteiger partial charge on any atom is 0.341 e. The fourth-order valence-corrected chi connectivity index (χ4v) is 3.88. The summed E-state index contributed by atoms with van der Waals surface area (Å²) < 4.78 is 10.3. The van der Waals surface area contributed by atoms with Crippen LogP contribution in [0.3, 0.4) is 0 Å². The quantitative estimate of drug-likeness (QED) is 0.519. The Hall–Kier alpha value is -3.07. The minimum Gasteiger partial charge on any atom is -0.493 e. The third-order valence-electron chi connectivity index (χ3n) is 4.98. The molecule has 9 nitrogen and oxygen atoms in total. The molecule has 0 atom stereocenters. The van der Waals surface area contributed by atoms with Gasteiger partial charge in [-0.3, -0.25) is 19.8 Å². The summed E-state index contributed by atoms with van der Waals surface area (Å²) >= 11 is 6.18. The number of nitrogens with zero attached hydrogens (tertiary/aromatic N) is 1. The average molecular weight is 437 g/mol. The van der Waals surface area contributed by atoms with Crippen LogP contribution in [-0.2, 0) is 14.4 Å². The van der Waals surface area contributed by atoms with Crippen molar-refractivity contribution in [3.05, 3.63) is 28.3 Å². The minimum atomic E-state index is -1.18. The van der Waals surface area contributed by atoms with Gasteiger partial charge in [0.05, 0.1) is 12.1 Å². The van der Waals surface area contributed by atoms with Crippen LogP contribution >= 0.6 is 11.6 Å². The number of carboxylic acid groups (broad SMARTS) is 1. The van der Waals surface area contributed by atoms with Crippen molar-refractivity contribution >= 4 is 41.5 Å². The molecule has 0 aromatic heterocycles. The molecule has 2 N–H and O–H groups in total. The zero-order chi connectivity index (χ0) is 21.8. The van der Waals surface area contributed by atoms with E-state index in [1.165, 1.54) is 25.3 Å². The predicted molar refractivity (Wildman–Crippen MR) is 106 cm³/mol. The largest absolute Gasteiger partial charge is 0.493 e. The molecule has 0 radical (unpaired) electrons. The van der Waals surface area contributed by atoms with E-state index in [9.17, 15) is 19.2 Å². The predicted octanol–water partition coefficient (Wildman–Crippen LogP) is 2.61. The molecule has 1 aliphatic heterocycles. The molecule has 30 heavy (non-hydrogen) atoms. The summed E-state index contributed by atoms with van der Waals surface area (Å²) in [5.74, 6) is -2.46. The molecule has 1 saturated carbocycles. The Kier molecular flexibility index (Phi) is 6.61. The molecule has 160 valence electrons. The second-order valence-electron chi connectivity index (χ2n) is 7.00. The molecule has 3 rings (SSSR count). The number of imide groups is 2. The van der Waals surface area contributed by atoms with Gasteiger partial charge in [0.2, 0.25) is 0 Å². The Morgan fingerprint density at radius 3 is 2.60 bits per heavy atom. The molecule has 2 fully saturated rings. The fraction of sp³-hybridized carbons (Fsp3) is 0.400. The number of ether oxygens (including phenoxy) is 2. The number of urea groups is 1. The van der Waals surface area contributed by atoms with E-state index < -0.39 is 30.4 Å². The van der Waals surface area contributed by atoms with E-state index in [2.05, 4.69) is 5.32 Å². The highest BCUT2D eigenvalue weighted by atomic mass is 35.5. The van der Waals surface area contributed by atoms with Crippen molar-refractivity contribution in [2.75, 3.05) is 13.7 Å². The van der Waals surface area contributed by atoms with Gasteiger partial charge in [-0.1, -0.05) is 30.9 Å². The van der Waals surface area contributed by atoms with Crippen molar-refractivity contribution < 1.29 is 33.8 Å². The number of methoxy groups -OCH3 is 1. The van der Waals surface area contributed by atoms with Crippen LogP contribution in [0.25, 0.3) is 6.08 Å². The Balaban J connectivity index is 1.93. The number of hydrogen-bond donors (Lipinski definition) is 2. The number of carbonyl (C=O) groups excluding carboxylic acids is 3. The molecule has 1 aromatic rings. The van der Waals surface area contributed by atoms with Crippen LogP contribution in [0.15, 0.2) is 17.7 Å². The summed E-state index contributed by atoms with van der Waals surface area (Å²) in [5.41, 5.74) is 0.161. The van der Waals surface area contributed by atoms with Crippen LogP contribution in [0.4, 0.5) is 4.79 Å². The lowest BCUT2D eigenvalue weighted by molar-refractivity contribution is -0.139. The van der Waals surface area contributed by atoms with Crippen molar-refractivity contribution in [3.8, 4) is 11.5 Å². The Morgan fingerprint density at radius 1 is 1.27 bits per heavy atom. The Bertz CT molecular complexity index is 922. The van der Waals surface area contributed by atoms with E-state index in [1.807, 2.05) is 0 Å². The summed E-state index contributed by atoms with van der Waals surface area (Å²) in [6, 6.07) is 1.92. The van der Waals surface area contributed by atoms with Gasteiger partial charge in [0, 0.05) is 6.04 Å². The molecule has 2 aliphatic rings. The van der Waals surface area contributed by atoms with Gasteiger partial charge in [-0.25, -0.2) is 9.59 Å². The number of halogens is 1. The number of carboxylic acids is 1. The van der Waals surface area contributed by atoms with Gasteiger partial charge in [-0.05, 0) is 36.6 Å². The number of aliphatic carboxylic acids is 1. The first-order valence-corrected chi connectivity index (χ1v) is 9.82. The van der Waals surface area contributed by atoms with Crippen LogP contribution in [0, 0.1) is 0 Å². The van der Waals surface area contributed by atoms with E-state index in [0.717, 1.165) is 24.2 Å². The first-order valence-electron chi connectivity index (χ1n) is 9.44. The second kappa shape index (κ2) is 9.17.